The molecule has 0 spiro atoms. The molecule has 5 heteroatoms. The number of anilines is 1. The summed E-state index contributed by atoms with van der Waals surface area (Å²) in [4.78, 5) is 4.31. The summed E-state index contributed by atoms with van der Waals surface area (Å²) in [7, 11) is 0. The minimum atomic E-state index is 0.713. The maximum Gasteiger partial charge on any atom is 0.152 e. The first-order valence-corrected chi connectivity index (χ1v) is 5.95. The monoisotopic (exact) mass is 238 g/mol. The maximum atomic E-state index is 5.62. The fourth-order valence-electron chi connectivity index (χ4n) is 1.61. The van der Waals surface area contributed by atoms with E-state index in [-0.39, 0.29) is 0 Å². The van der Waals surface area contributed by atoms with Crippen molar-refractivity contribution in [2.75, 3.05) is 17.7 Å². The Hall–Kier alpha value is -1.29. The topological polar surface area (TPSA) is 42.2 Å². The first kappa shape index (κ1) is 11.2. The molecule has 2 rings (SSSR count). The largest absolute Gasteiger partial charge is 0.368 e. The van der Waals surface area contributed by atoms with Crippen molar-refractivity contribution in [2.45, 2.75) is 19.8 Å². The summed E-state index contributed by atoms with van der Waals surface area (Å²) >= 11 is 5.62. The summed E-state index contributed by atoms with van der Waals surface area (Å²) < 4.78 is 1.84. The van der Waals surface area contributed by atoms with Gasteiger partial charge in [0.05, 0.1) is 5.69 Å². The molecule has 0 bridgehead atoms. The first-order chi connectivity index (χ1) is 7.81. The van der Waals surface area contributed by atoms with E-state index in [9.17, 15) is 0 Å². The van der Waals surface area contributed by atoms with Crippen molar-refractivity contribution in [1.82, 2.24) is 14.6 Å². The molecule has 0 saturated heterocycles. The Morgan fingerprint density at radius 3 is 3.12 bits per heavy atom. The van der Waals surface area contributed by atoms with Crippen LogP contribution in [0, 0.1) is 6.92 Å². The van der Waals surface area contributed by atoms with Gasteiger partial charge in [0.1, 0.15) is 5.52 Å². The molecule has 0 aliphatic rings. The predicted molar refractivity (Wildman–Crippen MR) is 66.2 cm³/mol. The molecule has 2 heterocycles. The average Bonchev–Trinajstić information content (AvgIpc) is 2.65. The Bertz CT molecular complexity index is 466. The number of fused-ring (bicyclic) bond motifs is 1. The highest BCUT2D eigenvalue weighted by Crippen LogP contribution is 2.14. The molecular weight excluding hydrogens is 224 g/mol. The Labute approximate surface area is 99.6 Å². The molecule has 0 aliphatic carbocycles. The second-order valence-electron chi connectivity index (χ2n) is 3.71. The van der Waals surface area contributed by atoms with Crippen molar-refractivity contribution >= 4 is 22.9 Å². The lowest BCUT2D eigenvalue weighted by atomic mass is 10.3. The maximum absolute atomic E-state index is 5.62. The van der Waals surface area contributed by atoms with Crippen LogP contribution in [0.3, 0.4) is 0 Å². The van der Waals surface area contributed by atoms with Crippen molar-refractivity contribution < 1.29 is 0 Å². The number of hydrogen-bond acceptors (Lipinski definition) is 3. The Balaban J connectivity index is 2.11. The standard InChI is InChI=1S/C11H15ClN4/c1-9-8-10-11(13-5-3-2-4-12)14-6-7-16(10)15-9/h6-8H,2-5H2,1H3,(H,13,14). The Kier molecular flexibility index (Phi) is 3.62. The van der Waals surface area contributed by atoms with Gasteiger partial charge in [-0.3, -0.25) is 0 Å². The highest BCUT2D eigenvalue weighted by molar-refractivity contribution is 6.17. The zero-order chi connectivity index (χ0) is 11.4. The van der Waals surface area contributed by atoms with E-state index < -0.39 is 0 Å². The number of aromatic nitrogens is 3. The van der Waals surface area contributed by atoms with E-state index >= 15 is 0 Å². The van der Waals surface area contributed by atoms with Crippen LogP contribution in [0.4, 0.5) is 5.82 Å². The van der Waals surface area contributed by atoms with Gasteiger partial charge in [-0.25, -0.2) is 9.50 Å². The molecule has 0 radical (unpaired) electrons. The molecule has 0 aliphatic heterocycles. The lowest BCUT2D eigenvalue weighted by Gasteiger charge is -2.05. The summed E-state index contributed by atoms with van der Waals surface area (Å²) in [6.07, 6.45) is 5.69. The second-order valence-corrected chi connectivity index (χ2v) is 4.09. The number of unbranched alkanes of at least 4 members (excludes halogenated alkanes) is 1. The first-order valence-electron chi connectivity index (χ1n) is 5.42. The number of hydrogen-bond donors (Lipinski definition) is 1. The summed E-state index contributed by atoms with van der Waals surface area (Å²) in [6, 6.07) is 2.02. The van der Waals surface area contributed by atoms with Gasteiger partial charge >= 0.3 is 0 Å². The fraction of sp³-hybridized carbons (Fsp3) is 0.455. The van der Waals surface area contributed by atoms with E-state index in [2.05, 4.69) is 15.4 Å². The average molecular weight is 239 g/mol. The van der Waals surface area contributed by atoms with Gasteiger partial charge in [-0.1, -0.05) is 0 Å². The molecule has 86 valence electrons. The molecule has 0 fully saturated rings. The van der Waals surface area contributed by atoms with Gasteiger partial charge in [-0.15, -0.1) is 11.6 Å². The van der Waals surface area contributed by atoms with Gasteiger partial charge < -0.3 is 5.32 Å². The van der Waals surface area contributed by atoms with Crippen LogP contribution < -0.4 is 5.32 Å². The van der Waals surface area contributed by atoms with Gasteiger partial charge in [0, 0.05) is 24.8 Å². The van der Waals surface area contributed by atoms with Crippen molar-refractivity contribution in [2.24, 2.45) is 0 Å². The van der Waals surface area contributed by atoms with Crippen LogP contribution in [0.2, 0.25) is 0 Å². The van der Waals surface area contributed by atoms with Crippen LogP contribution in [0.1, 0.15) is 18.5 Å². The molecule has 0 amide bonds. The number of halogens is 1. The van der Waals surface area contributed by atoms with Crippen LogP contribution in [0.5, 0.6) is 0 Å². The van der Waals surface area contributed by atoms with Gasteiger partial charge in [0.25, 0.3) is 0 Å². The van der Waals surface area contributed by atoms with Crippen molar-refractivity contribution in [1.29, 1.82) is 0 Å². The van der Waals surface area contributed by atoms with Crippen molar-refractivity contribution in [3.8, 4) is 0 Å². The molecule has 0 unspecified atom stereocenters. The van der Waals surface area contributed by atoms with E-state index in [1.807, 2.05) is 23.7 Å². The Morgan fingerprint density at radius 1 is 1.44 bits per heavy atom. The zero-order valence-corrected chi connectivity index (χ0v) is 10.0. The molecule has 2 aromatic rings. The Morgan fingerprint density at radius 2 is 2.31 bits per heavy atom. The SMILES string of the molecule is Cc1cc2c(NCCCCCl)nccn2n1. The van der Waals surface area contributed by atoms with Crippen LogP contribution in [0.15, 0.2) is 18.5 Å². The van der Waals surface area contributed by atoms with E-state index in [0.717, 1.165) is 36.4 Å². The summed E-state index contributed by atoms with van der Waals surface area (Å²) in [5.41, 5.74) is 2.02. The number of aryl methyl sites for hydroxylation is 1. The highest BCUT2D eigenvalue weighted by Gasteiger charge is 2.03. The van der Waals surface area contributed by atoms with Gasteiger partial charge in [0.15, 0.2) is 5.82 Å². The van der Waals surface area contributed by atoms with E-state index in [1.165, 1.54) is 0 Å². The third-order valence-corrected chi connectivity index (χ3v) is 2.63. The molecule has 16 heavy (non-hydrogen) atoms. The third kappa shape index (κ3) is 2.44. The van der Waals surface area contributed by atoms with E-state index in [4.69, 9.17) is 11.6 Å². The number of nitrogens with one attached hydrogen (secondary N) is 1. The minimum absolute atomic E-state index is 0.713. The molecular formula is C11H15ClN4. The molecule has 0 aromatic carbocycles. The second kappa shape index (κ2) is 5.16. The lowest BCUT2D eigenvalue weighted by Crippen LogP contribution is -2.05. The minimum Gasteiger partial charge on any atom is -0.368 e. The quantitative estimate of drug-likeness (QED) is 0.643. The smallest absolute Gasteiger partial charge is 0.152 e. The summed E-state index contributed by atoms with van der Waals surface area (Å²) in [5, 5.41) is 7.64. The molecule has 0 saturated carbocycles. The van der Waals surface area contributed by atoms with Crippen LogP contribution in [-0.4, -0.2) is 27.0 Å². The zero-order valence-electron chi connectivity index (χ0n) is 9.28. The normalized spacial score (nSPS) is 10.9. The van der Waals surface area contributed by atoms with Crippen LogP contribution >= 0.6 is 11.6 Å². The van der Waals surface area contributed by atoms with Crippen LogP contribution in [-0.2, 0) is 0 Å². The number of nitrogens with zero attached hydrogens (tertiary/aromatic N) is 3. The van der Waals surface area contributed by atoms with Crippen molar-refractivity contribution in [3.05, 3.63) is 24.2 Å². The summed E-state index contributed by atoms with van der Waals surface area (Å²) in [6.45, 7) is 2.87. The van der Waals surface area contributed by atoms with Crippen molar-refractivity contribution in [3.63, 3.8) is 0 Å². The highest BCUT2D eigenvalue weighted by atomic mass is 35.5. The molecule has 0 atom stereocenters. The van der Waals surface area contributed by atoms with E-state index in [1.54, 1.807) is 6.20 Å². The predicted octanol–water partition coefficient (Wildman–Crippen LogP) is 2.47. The third-order valence-electron chi connectivity index (χ3n) is 2.36. The fourth-order valence-corrected chi connectivity index (χ4v) is 1.80. The molecule has 2 aromatic heterocycles. The van der Waals surface area contributed by atoms with E-state index in [0.29, 0.717) is 5.88 Å². The molecule has 4 nitrogen and oxygen atoms in total. The molecule has 1 N–H and O–H groups in total. The summed E-state index contributed by atoms with van der Waals surface area (Å²) in [5.74, 6) is 1.60. The lowest BCUT2D eigenvalue weighted by molar-refractivity contribution is 0.834. The van der Waals surface area contributed by atoms with Crippen LogP contribution in [0.25, 0.3) is 5.52 Å². The number of rotatable bonds is 5. The van der Waals surface area contributed by atoms with Gasteiger partial charge in [-0.05, 0) is 25.8 Å². The van der Waals surface area contributed by atoms with Gasteiger partial charge in [-0.2, -0.15) is 5.10 Å². The number of alkyl halides is 1. The van der Waals surface area contributed by atoms with Gasteiger partial charge in [0.2, 0.25) is 0 Å².